The average molecular weight is 332 g/mol. The van der Waals surface area contributed by atoms with Gasteiger partial charge in [0.2, 0.25) is 0 Å². The molecule has 0 aromatic carbocycles. The third kappa shape index (κ3) is 3.02. The Morgan fingerprint density at radius 1 is 1.15 bits per heavy atom. The third-order valence-electron chi connectivity index (χ3n) is 3.09. The summed E-state index contributed by atoms with van der Waals surface area (Å²) in [7, 11) is 0. The van der Waals surface area contributed by atoms with Crippen molar-refractivity contribution in [3.63, 3.8) is 0 Å². The molecule has 5 nitrogen and oxygen atoms in total. The van der Waals surface area contributed by atoms with E-state index in [9.17, 15) is 0 Å². The monoisotopic (exact) mass is 331 g/mol. The van der Waals surface area contributed by atoms with Crippen LogP contribution in [0.5, 0.6) is 0 Å². The van der Waals surface area contributed by atoms with Gasteiger partial charge in [0.05, 0.1) is 18.1 Å². The molecule has 0 aliphatic carbocycles. The summed E-state index contributed by atoms with van der Waals surface area (Å²) in [4.78, 5) is 12.5. The minimum atomic E-state index is 0.780. The molecule has 102 valence electrons. The lowest BCUT2D eigenvalue weighted by Crippen LogP contribution is -2.17. The summed E-state index contributed by atoms with van der Waals surface area (Å²) in [5, 5.41) is 3.43. The molecule has 1 N–H and O–H groups in total. The number of hydrogen-bond acceptors (Lipinski definition) is 4. The summed E-state index contributed by atoms with van der Waals surface area (Å²) in [5.74, 6) is 0. The first kappa shape index (κ1) is 13.2. The topological polar surface area (TPSA) is 55.1 Å². The number of nitrogens with zero attached hydrogens (tertiary/aromatic N) is 4. The quantitative estimate of drug-likeness (QED) is 0.728. The van der Waals surface area contributed by atoms with E-state index in [0.717, 1.165) is 35.5 Å². The minimum Gasteiger partial charge on any atom is -0.311 e. The largest absolute Gasteiger partial charge is 0.311 e. The van der Waals surface area contributed by atoms with Gasteiger partial charge in [-0.1, -0.05) is 0 Å². The van der Waals surface area contributed by atoms with E-state index in [-0.39, 0.29) is 0 Å². The molecule has 0 fully saturated rings. The third-order valence-corrected chi connectivity index (χ3v) is 3.50. The van der Waals surface area contributed by atoms with Gasteiger partial charge in [-0.3, -0.25) is 9.38 Å². The standard InChI is InChI=1S/C14H14BrN5/c15-13-10-20-12(8-19-14(20)9-18-13)7-17-6-3-11-1-4-16-5-2-11/h1-2,4-5,8-10,17H,3,6-7H2. The lowest BCUT2D eigenvalue weighted by atomic mass is 10.2. The minimum absolute atomic E-state index is 0.780. The van der Waals surface area contributed by atoms with Crippen LogP contribution in [0, 0.1) is 0 Å². The van der Waals surface area contributed by atoms with Crippen molar-refractivity contribution in [2.24, 2.45) is 0 Å². The number of aromatic nitrogens is 4. The van der Waals surface area contributed by atoms with E-state index in [2.05, 4.69) is 36.2 Å². The molecule has 0 saturated heterocycles. The van der Waals surface area contributed by atoms with Gasteiger partial charge < -0.3 is 5.32 Å². The lowest BCUT2D eigenvalue weighted by Gasteiger charge is -2.05. The van der Waals surface area contributed by atoms with Crippen molar-refractivity contribution in [2.45, 2.75) is 13.0 Å². The van der Waals surface area contributed by atoms with Crippen molar-refractivity contribution < 1.29 is 0 Å². The predicted octanol–water partition coefficient (Wildman–Crippen LogP) is 2.22. The van der Waals surface area contributed by atoms with Crippen LogP contribution in [0.3, 0.4) is 0 Å². The highest BCUT2D eigenvalue weighted by atomic mass is 79.9. The molecule has 0 saturated carbocycles. The molecule has 20 heavy (non-hydrogen) atoms. The Bertz CT molecular complexity index is 695. The van der Waals surface area contributed by atoms with Crippen LogP contribution in [0.2, 0.25) is 0 Å². The van der Waals surface area contributed by atoms with Gasteiger partial charge in [-0.25, -0.2) is 9.97 Å². The Kier molecular flexibility index (Phi) is 4.03. The second-order valence-electron chi connectivity index (χ2n) is 4.47. The van der Waals surface area contributed by atoms with Crippen LogP contribution in [0.4, 0.5) is 0 Å². The second kappa shape index (κ2) is 6.11. The van der Waals surface area contributed by atoms with E-state index < -0.39 is 0 Å². The summed E-state index contributed by atoms with van der Waals surface area (Å²) in [5.41, 5.74) is 3.27. The first-order valence-electron chi connectivity index (χ1n) is 6.40. The summed E-state index contributed by atoms with van der Waals surface area (Å²) in [6.07, 6.45) is 10.2. The molecule has 3 heterocycles. The average Bonchev–Trinajstić information content (AvgIpc) is 2.87. The highest BCUT2D eigenvalue weighted by Gasteiger charge is 2.03. The number of fused-ring (bicyclic) bond motifs is 1. The van der Waals surface area contributed by atoms with E-state index in [1.165, 1.54) is 5.56 Å². The number of nitrogens with one attached hydrogen (secondary N) is 1. The van der Waals surface area contributed by atoms with Crippen molar-refractivity contribution in [1.29, 1.82) is 0 Å². The molecule has 0 aliphatic rings. The van der Waals surface area contributed by atoms with Gasteiger partial charge in [0, 0.05) is 25.1 Å². The van der Waals surface area contributed by atoms with Crippen LogP contribution in [-0.2, 0) is 13.0 Å². The number of imidazole rings is 1. The first-order valence-corrected chi connectivity index (χ1v) is 7.19. The fourth-order valence-corrected chi connectivity index (χ4v) is 2.35. The highest BCUT2D eigenvalue weighted by molar-refractivity contribution is 9.10. The zero-order valence-electron chi connectivity index (χ0n) is 10.8. The van der Waals surface area contributed by atoms with Gasteiger partial charge in [0.15, 0.2) is 5.65 Å². The van der Waals surface area contributed by atoms with E-state index in [4.69, 9.17) is 0 Å². The van der Waals surface area contributed by atoms with Gasteiger partial charge in [0.1, 0.15) is 4.60 Å². The van der Waals surface area contributed by atoms with Gasteiger partial charge in [-0.15, -0.1) is 0 Å². The Balaban J connectivity index is 1.59. The fourth-order valence-electron chi connectivity index (χ4n) is 2.05. The number of hydrogen-bond donors (Lipinski definition) is 1. The number of rotatable bonds is 5. The summed E-state index contributed by atoms with van der Waals surface area (Å²) in [6.45, 7) is 1.70. The van der Waals surface area contributed by atoms with Crippen LogP contribution in [0.1, 0.15) is 11.3 Å². The van der Waals surface area contributed by atoms with Gasteiger partial charge in [-0.05, 0) is 46.6 Å². The first-order chi connectivity index (χ1) is 9.83. The van der Waals surface area contributed by atoms with Crippen LogP contribution in [0.25, 0.3) is 5.65 Å². The molecule has 3 aromatic rings. The van der Waals surface area contributed by atoms with E-state index in [1.807, 2.05) is 41.3 Å². The van der Waals surface area contributed by atoms with Crippen molar-refractivity contribution in [1.82, 2.24) is 24.7 Å². The Hall–Kier alpha value is -1.79. The highest BCUT2D eigenvalue weighted by Crippen LogP contribution is 2.10. The molecule has 6 heteroatoms. The summed E-state index contributed by atoms with van der Waals surface area (Å²) in [6, 6.07) is 4.08. The van der Waals surface area contributed by atoms with E-state index in [1.54, 1.807) is 6.20 Å². The molecule has 0 bridgehead atoms. The SMILES string of the molecule is Brc1cn2c(CNCCc3ccncc3)cnc2cn1. The number of pyridine rings is 1. The summed E-state index contributed by atoms with van der Waals surface area (Å²) < 4.78 is 2.84. The van der Waals surface area contributed by atoms with Gasteiger partial charge in [-0.2, -0.15) is 0 Å². The molecule has 0 amide bonds. The molecular weight excluding hydrogens is 318 g/mol. The molecule has 0 unspecified atom stereocenters. The molecule has 0 radical (unpaired) electrons. The molecule has 0 spiro atoms. The molecule has 3 aromatic heterocycles. The lowest BCUT2D eigenvalue weighted by molar-refractivity contribution is 0.670. The molecule has 0 atom stereocenters. The summed E-state index contributed by atoms with van der Waals surface area (Å²) >= 11 is 3.38. The van der Waals surface area contributed by atoms with Crippen LogP contribution >= 0.6 is 15.9 Å². The molecular formula is C14H14BrN5. The van der Waals surface area contributed by atoms with Crippen LogP contribution < -0.4 is 5.32 Å². The van der Waals surface area contributed by atoms with Crippen LogP contribution in [0.15, 0.2) is 47.7 Å². The second-order valence-corrected chi connectivity index (χ2v) is 5.28. The Morgan fingerprint density at radius 3 is 2.85 bits per heavy atom. The van der Waals surface area contributed by atoms with Gasteiger partial charge >= 0.3 is 0 Å². The van der Waals surface area contributed by atoms with Crippen LogP contribution in [-0.4, -0.2) is 25.9 Å². The Labute approximate surface area is 125 Å². The van der Waals surface area contributed by atoms with Crippen molar-refractivity contribution in [3.05, 3.63) is 59.0 Å². The molecule has 3 rings (SSSR count). The van der Waals surface area contributed by atoms with E-state index >= 15 is 0 Å². The molecule has 0 aliphatic heterocycles. The van der Waals surface area contributed by atoms with Crippen molar-refractivity contribution in [3.8, 4) is 0 Å². The van der Waals surface area contributed by atoms with Gasteiger partial charge in [0.25, 0.3) is 0 Å². The smallest absolute Gasteiger partial charge is 0.155 e. The zero-order chi connectivity index (χ0) is 13.8. The Morgan fingerprint density at radius 2 is 2.00 bits per heavy atom. The maximum absolute atomic E-state index is 4.33. The van der Waals surface area contributed by atoms with Crippen molar-refractivity contribution in [2.75, 3.05) is 6.54 Å². The maximum Gasteiger partial charge on any atom is 0.155 e. The zero-order valence-corrected chi connectivity index (χ0v) is 12.4. The van der Waals surface area contributed by atoms with Crippen molar-refractivity contribution >= 4 is 21.6 Å². The maximum atomic E-state index is 4.33. The van der Waals surface area contributed by atoms with E-state index in [0.29, 0.717) is 0 Å². The number of halogens is 1. The fraction of sp³-hybridized carbons (Fsp3) is 0.214. The normalized spacial score (nSPS) is 11.1. The predicted molar refractivity (Wildman–Crippen MR) is 80.3 cm³/mol.